The van der Waals surface area contributed by atoms with E-state index in [1.165, 1.54) is 0 Å². The van der Waals surface area contributed by atoms with E-state index in [4.69, 9.17) is 10.3 Å². The molecule has 0 saturated carbocycles. The lowest BCUT2D eigenvalue weighted by atomic mass is 10.0. The Morgan fingerprint density at radius 3 is 2.84 bits per heavy atom. The van der Waals surface area contributed by atoms with Crippen LogP contribution in [0.1, 0.15) is 27.5 Å². The summed E-state index contributed by atoms with van der Waals surface area (Å²) in [6.45, 7) is 0.597. The van der Waals surface area contributed by atoms with Gasteiger partial charge in [-0.05, 0) is 23.2 Å². The number of carbonyl (C=O) groups is 1. The zero-order valence-corrected chi connectivity index (χ0v) is 13.6. The molecule has 2 aromatic carbocycles. The first-order valence-corrected chi connectivity index (χ1v) is 7.98. The van der Waals surface area contributed by atoms with Gasteiger partial charge in [0.1, 0.15) is 12.4 Å². The van der Waals surface area contributed by atoms with Crippen LogP contribution in [0.4, 0.5) is 0 Å². The summed E-state index contributed by atoms with van der Waals surface area (Å²) < 4.78 is 5.72. The van der Waals surface area contributed by atoms with Gasteiger partial charge in [0.05, 0.1) is 25.7 Å². The first-order valence-electron chi connectivity index (χ1n) is 7.98. The summed E-state index contributed by atoms with van der Waals surface area (Å²) in [6, 6.07) is 13.9. The van der Waals surface area contributed by atoms with E-state index in [1.54, 1.807) is 29.2 Å². The predicted molar refractivity (Wildman–Crippen MR) is 92.1 cm³/mol. The highest BCUT2D eigenvalue weighted by Crippen LogP contribution is 2.32. The number of fused-ring (bicyclic) bond motifs is 1. The van der Waals surface area contributed by atoms with Crippen LogP contribution in [0.5, 0.6) is 5.75 Å². The molecule has 0 aliphatic carbocycles. The van der Waals surface area contributed by atoms with Crippen LogP contribution in [0, 0.1) is 0 Å². The number of benzene rings is 2. The van der Waals surface area contributed by atoms with Crippen LogP contribution in [0.25, 0.3) is 10.4 Å². The monoisotopic (exact) mass is 338 g/mol. The van der Waals surface area contributed by atoms with Crippen molar-refractivity contribution in [3.8, 4) is 5.75 Å². The van der Waals surface area contributed by atoms with Gasteiger partial charge < -0.3 is 14.7 Å². The van der Waals surface area contributed by atoms with Gasteiger partial charge in [0.15, 0.2) is 0 Å². The molecule has 1 aliphatic heterocycles. The number of ether oxygens (including phenoxy) is 1. The highest BCUT2D eigenvalue weighted by Gasteiger charge is 2.30. The maximum Gasteiger partial charge on any atom is 0.254 e. The van der Waals surface area contributed by atoms with Gasteiger partial charge in [-0.25, -0.2) is 0 Å². The van der Waals surface area contributed by atoms with Gasteiger partial charge in [0.2, 0.25) is 0 Å². The van der Waals surface area contributed by atoms with Gasteiger partial charge in [-0.3, -0.25) is 4.79 Å². The van der Waals surface area contributed by atoms with Gasteiger partial charge in [-0.15, -0.1) is 0 Å². The number of hydrogen-bond donors (Lipinski definition) is 1. The third kappa shape index (κ3) is 3.42. The van der Waals surface area contributed by atoms with Crippen molar-refractivity contribution in [2.75, 3.05) is 19.8 Å². The van der Waals surface area contributed by atoms with Gasteiger partial charge in [-0.2, -0.15) is 0 Å². The molecule has 1 amide bonds. The standard InChI is InChI=1S/C18H18N4O3/c19-21-20-11-13-5-1-2-6-14(13)18(24)22-9-10-25-17-8-4-3-7-15(17)16(22)12-23/h1-8,16,23H,9-12H2. The molecule has 0 bridgehead atoms. The zero-order valence-electron chi connectivity index (χ0n) is 13.6. The molecule has 1 atom stereocenters. The number of hydrogen-bond acceptors (Lipinski definition) is 4. The van der Waals surface area contributed by atoms with E-state index in [0.717, 1.165) is 5.56 Å². The molecule has 1 aliphatic rings. The van der Waals surface area contributed by atoms with Crippen molar-refractivity contribution in [2.45, 2.75) is 12.6 Å². The zero-order chi connectivity index (χ0) is 17.6. The summed E-state index contributed by atoms with van der Waals surface area (Å²) in [6.07, 6.45) is 0. The Hall–Kier alpha value is -3.02. The van der Waals surface area contributed by atoms with E-state index in [-0.39, 0.29) is 19.1 Å². The maximum atomic E-state index is 13.1. The van der Waals surface area contributed by atoms with Crippen LogP contribution < -0.4 is 4.74 Å². The van der Waals surface area contributed by atoms with Gasteiger partial charge in [-0.1, -0.05) is 41.5 Å². The topological polar surface area (TPSA) is 98.5 Å². The summed E-state index contributed by atoms with van der Waals surface area (Å²) in [5, 5.41) is 13.5. The van der Waals surface area contributed by atoms with E-state index in [2.05, 4.69) is 10.0 Å². The molecule has 0 aromatic heterocycles. The quantitative estimate of drug-likeness (QED) is 0.527. The average Bonchev–Trinajstić information content (AvgIpc) is 2.85. The fraction of sp³-hybridized carbons (Fsp3) is 0.278. The molecular weight excluding hydrogens is 320 g/mol. The van der Waals surface area contributed by atoms with Crippen molar-refractivity contribution in [3.05, 3.63) is 75.7 Å². The maximum absolute atomic E-state index is 13.1. The first kappa shape index (κ1) is 16.8. The second kappa shape index (κ2) is 7.70. The molecule has 128 valence electrons. The minimum Gasteiger partial charge on any atom is -0.491 e. The Labute approximate surface area is 145 Å². The molecule has 1 heterocycles. The van der Waals surface area contributed by atoms with Gasteiger partial charge in [0.25, 0.3) is 5.91 Å². The van der Waals surface area contributed by atoms with Crippen molar-refractivity contribution in [1.29, 1.82) is 0 Å². The number of rotatable bonds is 4. The second-order valence-electron chi connectivity index (χ2n) is 5.63. The third-order valence-electron chi connectivity index (χ3n) is 4.23. The van der Waals surface area contributed by atoms with Gasteiger partial charge >= 0.3 is 0 Å². The Morgan fingerprint density at radius 2 is 2.04 bits per heavy atom. The average molecular weight is 338 g/mol. The molecule has 7 nitrogen and oxygen atoms in total. The van der Waals surface area contributed by atoms with E-state index < -0.39 is 6.04 Å². The minimum absolute atomic E-state index is 0.100. The lowest BCUT2D eigenvalue weighted by Gasteiger charge is -2.29. The van der Waals surface area contributed by atoms with Crippen molar-refractivity contribution in [2.24, 2.45) is 5.11 Å². The van der Waals surface area contributed by atoms with Crippen LogP contribution in [0.15, 0.2) is 53.6 Å². The van der Waals surface area contributed by atoms with E-state index >= 15 is 0 Å². The third-order valence-corrected chi connectivity index (χ3v) is 4.23. The highest BCUT2D eigenvalue weighted by molar-refractivity contribution is 5.96. The smallest absolute Gasteiger partial charge is 0.254 e. The summed E-state index contributed by atoms with van der Waals surface area (Å²) >= 11 is 0. The number of azide groups is 1. The van der Waals surface area contributed by atoms with Crippen LogP contribution in [0.3, 0.4) is 0 Å². The highest BCUT2D eigenvalue weighted by atomic mass is 16.5. The normalized spacial score (nSPS) is 16.2. The van der Waals surface area contributed by atoms with Crippen molar-refractivity contribution >= 4 is 5.91 Å². The molecule has 3 rings (SSSR count). The molecule has 0 spiro atoms. The minimum atomic E-state index is -0.487. The Bertz CT molecular complexity index is 817. The molecule has 25 heavy (non-hydrogen) atoms. The van der Waals surface area contributed by atoms with E-state index in [9.17, 15) is 9.90 Å². The predicted octanol–water partition coefficient (Wildman–Crippen LogP) is 3.07. The number of aliphatic hydroxyl groups excluding tert-OH is 1. The van der Waals surface area contributed by atoms with Crippen molar-refractivity contribution in [1.82, 2.24) is 4.90 Å². The lowest BCUT2D eigenvalue weighted by Crippen LogP contribution is -2.38. The number of nitrogens with zero attached hydrogens (tertiary/aromatic N) is 4. The molecule has 2 aromatic rings. The molecule has 0 fully saturated rings. The summed E-state index contributed by atoms with van der Waals surface area (Å²) in [7, 11) is 0. The molecule has 1 unspecified atom stereocenters. The van der Waals surface area contributed by atoms with E-state index in [1.807, 2.05) is 24.3 Å². The van der Waals surface area contributed by atoms with Crippen LogP contribution >= 0.6 is 0 Å². The number of para-hydroxylation sites is 1. The van der Waals surface area contributed by atoms with Crippen molar-refractivity contribution in [3.63, 3.8) is 0 Å². The Kier molecular flexibility index (Phi) is 5.18. The largest absolute Gasteiger partial charge is 0.491 e. The molecule has 0 saturated heterocycles. The Morgan fingerprint density at radius 1 is 1.28 bits per heavy atom. The van der Waals surface area contributed by atoms with Crippen molar-refractivity contribution < 1.29 is 14.6 Å². The Balaban J connectivity index is 1.98. The fourth-order valence-corrected chi connectivity index (χ4v) is 3.03. The molecule has 7 heteroatoms. The van der Waals surface area contributed by atoms with Crippen LogP contribution in [0.2, 0.25) is 0 Å². The second-order valence-corrected chi connectivity index (χ2v) is 5.63. The van der Waals surface area contributed by atoms with Gasteiger partial charge in [0, 0.05) is 16.0 Å². The number of amides is 1. The van der Waals surface area contributed by atoms with E-state index in [0.29, 0.717) is 30.0 Å². The summed E-state index contributed by atoms with van der Waals surface area (Å²) in [5.41, 5.74) is 10.4. The summed E-state index contributed by atoms with van der Waals surface area (Å²) in [5.74, 6) is 0.460. The molecular formula is C18H18N4O3. The number of carbonyl (C=O) groups excluding carboxylic acids is 1. The van der Waals surface area contributed by atoms with Crippen LogP contribution in [-0.2, 0) is 6.54 Å². The summed E-state index contributed by atoms with van der Waals surface area (Å²) in [4.78, 5) is 17.5. The first-order chi connectivity index (χ1) is 12.3. The lowest BCUT2D eigenvalue weighted by molar-refractivity contribution is 0.0584. The fourth-order valence-electron chi connectivity index (χ4n) is 3.03. The number of aliphatic hydroxyl groups is 1. The SMILES string of the molecule is [N-]=[N+]=NCc1ccccc1C(=O)N1CCOc2ccccc2C1CO. The van der Waals surface area contributed by atoms with Crippen LogP contribution in [-0.4, -0.2) is 35.7 Å². The molecule has 0 radical (unpaired) electrons. The molecule has 1 N–H and O–H groups in total.